The maximum atomic E-state index is 12.8. The van der Waals surface area contributed by atoms with E-state index >= 15 is 0 Å². The van der Waals surface area contributed by atoms with Crippen LogP contribution >= 0.6 is 12.2 Å². The Morgan fingerprint density at radius 3 is 2.89 bits per heavy atom. The second-order valence-electron chi connectivity index (χ2n) is 7.09. The van der Waals surface area contributed by atoms with Crippen molar-refractivity contribution in [2.45, 2.75) is 51.6 Å². The molecule has 1 aliphatic rings. The van der Waals surface area contributed by atoms with Gasteiger partial charge in [-0.15, -0.1) is 0 Å². The van der Waals surface area contributed by atoms with Crippen LogP contribution in [0.15, 0.2) is 23.0 Å². The number of carbonyl (C=O) groups excluding carboxylic acids is 1. The number of aromatic amines is 1. The quantitative estimate of drug-likeness (QED) is 0.605. The van der Waals surface area contributed by atoms with Gasteiger partial charge >= 0.3 is 5.97 Å². The number of ether oxygens (including phenoxy) is 1. The molecule has 7 heteroatoms. The first-order chi connectivity index (χ1) is 13.0. The van der Waals surface area contributed by atoms with Crippen molar-refractivity contribution in [3.8, 4) is 0 Å². The van der Waals surface area contributed by atoms with Crippen LogP contribution in [0.25, 0.3) is 10.9 Å². The zero-order valence-electron chi connectivity index (χ0n) is 16.0. The summed E-state index contributed by atoms with van der Waals surface area (Å²) >= 11 is 5.40. The monoisotopic (exact) mass is 389 g/mol. The third-order valence-electron chi connectivity index (χ3n) is 5.45. The molecule has 1 N–H and O–H groups in total. The Kier molecular flexibility index (Phi) is 6.44. The molecule has 0 spiro atoms. The van der Waals surface area contributed by atoms with Crippen LogP contribution in [-0.2, 0) is 11.3 Å². The number of nitrogens with zero attached hydrogens (tertiary/aromatic N) is 2. The normalized spacial score (nSPS) is 17.9. The van der Waals surface area contributed by atoms with Gasteiger partial charge in [-0.2, -0.15) is 0 Å². The van der Waals surface area contributed by atoms with Crippen LogP contribution in [0.4, 0.5) is 0 Å². The number of methoxy groups -OCH3 is 1. The molecular weight excluding hydrogens is 362 g/mol. The zero-order chi connectivity index (χ0) is 19.4. The van der Waals surface area contributed by atoms with Crippen molar-refractivity contribution >= 4 is 29.1 Å². The second kappa shape index (κ2) is 8.80. The number of nitrogens with one attached hydrogen (secondary N) is 1. The van der Waals surface area contributed by atoms with E-state index in [0.717, 1.165) is 19.5 Å². The van der Waals surface area contributed by atoms with Gasteiger partial charge in [-0.1, -0.05) is 13.3 Å². The number of hydrogen-bond acceptors (Lipinski definition) is 5. The summed E-state index contributed by atoms with van der Waals surface area (Å²) in [4.78, 5) is 30.2. The number of benzene rings is 1. The summed E-state index contributed by atoms with van der Waals surface area (Å²) in [5, 5.41) is 0.528. The van der Waals surface area contributed by atoms with Crippen LogP contribution in [0.1, 0.15) is 49.4 Å². The van der Waals surface area contributed by atoms with Gasteiger partial charge in [0, 0.05) is 19.1 Å². The number of hydrogen-bond donors (Lipinski definition) is 1. The molecule has 2 heterocycles. The average Bonchev–Trinajstić information content (AvgIpc) is 2.69. The Morgan fingerprint density at radius 2 is 2.15 bits per heavy atom. The minimum absolute atomic E-state index is 0.115. The van der Waals surface area contributed by atoms with Gasteiger partial charge in [-0.3, -0.25) is 9.36 Å². The van der Waals surface area contributed by atoms with Gasteiger partial charge in [-0.05, 0) is 62.6 Å². The van der Waals surface area contributed by atoms with Gasteiger partial charge in [0.2, 0.25) is 0 Å². The molecule has 0 amide bonds. The highest BCUT2D eigenvalue weighted by molar-refractivity contribution is 7.71. The summed E-state index contributed by atoms with van der Waals surface area (Å²) in [5.41, 5.74) is 0.839. The highest BCUT2D eigenvalue weighted by Gasteiger charge is 2.20. The van der Waals surface area contributed by atoms with Gasteiger partial charge in [0.05, 0.1) is 23.6 Å². The highest BCUT2D eigenvalue weighted by atomic mass is 32.1. The van der Waals surface area contributed by atoms with E-state index in [9.17, 15) is 9.59 Å². The number of esters is 1. The SMILES string of the molecule is CCC1CCCCN1CCCn1c(=S)[nH]c2cc(C(=O)OC)ccc2c1=O. The van der Waals surface area contributed by atoms with Crippen LogP contribution in [0.2, 0.25) is 0 Å². The Hall–Kier alpha value is -1.99. The van der Waals surface area contributed by atoms with E-state index < -0.39 is 5.97 Å². The summed E-state index contributed by atoms with van der Waals surface area (Å²) in [5.74, 6) is -0.438. The molecule has 1 aromatic heterocycles. The van der Waals surface area contributed by atoms with Crippen molar-refractivity contribution in [1.82, 2.24) is 14.5 Å². The lowest BCUT2D eigenvalue weighted by molar-refractivity contribution is 0.0601. The van der Waals surface area contributed by atoms with E-state index in [4.69, 9.17) is 17.0 Å². The number of aromatic nitrogens is 2. The molecular formula is C20H27N3O3S. The minimum atomic E-state index is -0.438. The smallest absolute Gasteiger partial charge is 0.337 e. The van der Waals surface area contributed by atoms with E-state index in [1.165, 1.54) is 32.8 Å². The van der Waals surface area contributed by atoms with E-state index in [-0.39, 0.29) is 5.56 Å². The molecule has 1 saturated heterocycles. The van der Waals surface area contributed by atoms with Gasteiger partial charge in [-0.25, -0.2) is 4.79 Å². The van der Waals surface area contributed by atoms with Crippen molar-refractivity contribution in [2.24, 2.45) is 0 Å². The van der Waals surface area contributed by atoms with Crippen LogP contribution in [0.3, 0.4) is 0 Å². The van der Waals surface area contributed by atoms with Crippen molar-refractivity contribution < 1.29 is 9.53 Å². The Labute approximate surface area is 164 Å². The Bertz CT molecular complexity index is 934. The minimum Gasteiger partial charge on any atom is -0.465 e. The first-order valence-corrected chi connectivity index (χ1v) is 10.0. The van der Waals surface area contributed by atoms with Gasteiger partial charge < -0.3 is 14.6 Å². The van der Waals surface area contributed by atoms with E-state index in [1.807, 2.05) is 0 Å². The molecule has 146 valence electrons. The number of likely N-dealkylation sites (tertiary alicyclic amines) is 1. The van der Waals surface area contributed by atoms with Crippen molar-refractivity contribution in [3.05, 3.63) is 38.9 Å². The molecule has 1 aliphatic heterocycles. The lowest BCUT2D eigenvalue weighted by atomic mass is 10.00. The summed E-state index contributed by atoms with van der Waals surface area (Å²) < 4.78 is 6.75. The zero-order valence-corrected chi connectivity index (χ0v) is 16.8. The fourth-order valence-corrected chi connectivity index (χ4v) is 4.24. The molecule has 1 atom stereocenters. The van der Waals surface area contributed by atoms with E-state index in [2.05, 4.69) is 16.8 Å². The standard InChI is InChI=1S/C20H27N3O3S/c1-3-15-7-4-5-10-22(15)11-6-12-23-18(24)16-9-8-14(19(25)26-2)13-17(16)21-20(23)27/h8-9,13,15H,3-7,10-12H2,1-2H3,(H,21,27). The lowest BCUT2D eigenvalue weighted by Crippen LogP contribution is -2.40. The third-order valence-corrected chi connectivity index (χ3v) is 5.77. The number of piperidine rings is 1. The fourth-order valence-electron chi connectivity index (χ4n) is 3.95. The molecule has 6 nitrogen and oxygen atoms in total. The first-order valence-electron chi connectivity index (χ1n) is 9.64. The molecule has 0 radical (unpaired) electrons. The van der Waals surface area contributed by atoms with Crippen molar-refractivity contribution in [1.29, 1.82) is 0 Å². The largest absolute Gasteiger partial charge is 0.465 e. The molecule has 27 heavy (non-hydrogen) atoms. The van der Waals surface area contributed by atoms with E-state index in [1.54, 1.807) is 22.8 Å². The molecule has 1 unspecified atom stereocenters. The average molecular weight is 390 g/mol. The fraction of sp³-hybridized carbons (Fsp3) is 0.550. The number of fused-ring (bicyclic) bond motifs is 1. The second-order valence-corrected chi connectivity index (χ2v) is 7.47. The van der Waals surface area contributed by atoms with E-state index in [0.29, 0.717) is 33.8 Å². The Morgan fingerprint density at radius 1 is 1.33 bits per heavy atom. The lowest BCUT2D eigenvalue weighted by Gasteiger charge is -2.35. The molecule has 2 aromatic rings. The number of carbonyl (C=O) groups is 1. The third kappa shape index (κ3) is 4.30. The maximum absolute atomic E-state index is 12.8. The predicted octanol–water partition coefficient (Wildman–Crippen LogP) is 3.50. The summed E-state index contributed by atoms with van der Waals surface area (Å²) in [6, 6.07) is 5.54. The summed E-state index contributed by atoms with van der Waals surface area (Å²) in [6.45, 7) is 4.97. The maximum Gasteiger partial charge on any atom is 0.337 e. The van der Waals surface area contributed by atoms with Gasteiger partial charge in [0.1, 0.15) is 0 Å². The number of rotatable bonds is 6. The van der Waals surface area contributed by atoms with Crippen LogP contribution < -0.4 is 5.56 Å². The van der Waals surface area contributed by atoms with Crippen molar-refractivity contribution in [3.63, 3.8) is 0 Å². The van der Waals surface area contributed by atoms with Crippen LogP contribution in [-0.4, -0.2) is 46.7 Å². The van der Waals surface area contributed by atoms with Crippen LogP contribution in [0.5, 0.6) is 0 Å². The Balaban J connectivity index is 1.78. The first kappa shape index (κ1) is 19.8. The van der Waals surface area contributed by atoms with Gasteiger partial charge in [0.15, 0.2) is 4.77 Å². The van der Waals surface area contributed by atoms with Crippen LogP contribution in [0, 0.1) is 4.77 Å². The molecule has 1 fully saturated rings. The number of H-pyrrole nitrogens is 1. The summed E-state index contributed by atoms with van der Waals surface area (Å²) in [6.07, 6.45) is 5.92. The summed E-state index contributed by atoms with van der Waals surface area (Å²) in [7, 11) is 1.33. The molecule has 0 bridgehead atoms. The molecule has 3 rings (SSSR count). The topological polar surface area (TPSA) is 67.3 Å². The van der Waals surface area contributed by atoms with Crippen molar-refractivity contribution in [2.75, 3.05) is 20.2 Å². The van der Waals surface area contributed by atoms with Gasteiger partial charge in [0.25, 0.3) is 5.56 Å². The molecule has 0 aliphatic carbocycles. The molecule has 1 aromatic carbocycles. The highest BCUT2D eigenvalue weighted by Crippen LogP contribution is 2.19. The predicted molar refractivity (Wildman–Crippen MR) is 109 cm³/mol. The molecule has 0 saturated carbocycles.